The molecule has 1 nitrogen and oxygen atoms in total. The summed E-state index contributed by atoms with van der Waals surface area (Å²) < 4.78 is 0. The molecule has 0 saturated heterocycles. The van der Waals surface area contributed by atoms with Crippen LogP contribution in [0.15, 0.2) is 54.9 Å². The van der Waals surface area contributed by atoms with Crippen molar-refractivity contribution in [2.45, 2.75) is 32.1 Å². The zero-order valence-electron chi connectivity index (χ0n) is 10.3. The standard InChI is InChI=1S/C16H19N/c1-2-7-15(16-10-6-11-17-13-16)12-14-8-4-3-5-9-14/h3-6,8-11,13,15H,2,7,12H2,1H3. The normalized spacial score (nSPS) is 12.3. The van der Waals surface area contributed by atoms with Crippen molar-refractivity contribution < 1.29 is 0 Å². The van der Waals surface area contributed by atoms with Gasteiger partial charge in [-0.2, -0.15) is 0 Å². The van der Waals surface area contributed by atoms with Gasteiger partial charge in [0.05, 0.1) is 0 Å². The second-order valence-electron chi connectivity index (χ2n) is 4.46. The first-order valence-corrected chi connectivity index (χ1v) is 6.34. The summed E-state index contributed by atoms with van der Waals surface area (Å²) in [5.74, 6) is 0.594. The second kappa shape index (κ2) is 6.19. The van der Waals surface area contributed by atoms with Gasteiger partial charge in [-0.05, 0) is 36.0 Å². The Labute approximate surface area is 104 Å². The zero-order chi connectivity index (χ0) is 11.9. The highest BCUT2D eigenvalue weighted by Crippen LogP contribution is 2.24. The molecule has 17 heavy (non-hydrogen) atoms. The molecule has 88 valence electrons. The van der Waals surface area contributed by atoms with Gasteiger partial charge in [0.25, 0.3) is 0 Å². The molecule has 0 aliphatic heterocycles. The third kappa shape index (κ3) is 3.42. The largest absolute Gasteiger partial charge is 0.264 e. The number of benzene rings is 1. The summed E-state index contributed by atoms with van der Waals surface area (Å²) in [5, 5.41) is 0. The van der Waals surface area contributed by atoms with Gasteiger partial charge in [0.1, 0.15) is 0 Å². The summed E-state index contributed by atoms with van der Waals surface area (Å²) in [5.41, 5.74) is 2.77. The Morgan fingerprint density at radius 3 is 2.53 bits per heavy atom. The molecule has 1 aromatic heterocycles. The van der Waals surface area contributed by atoms with Crippen molar-refractivity contribution in [2.24, 2.45) is 0 Å². The first-order chi connectivity index (χ1) is 8.40. The van der Waals surface area contributed by atoms with E-state index in [1.165, 1.54) is 24.0 Å². The Morgan fingerprint density at radius 1 is 1.06 bits per heavy atom. The average Bonchev–Trinajstić information content (AvgIpc) is 2.40. The van der Waals surface area contributed by atoms with Gasteiger partial charge < -0.3 is 0 Å². The van der Waals surface area contributed by atoms with E-state index in [9.17, 15) is 0 Å². The minimum atomic E-state index is 0.594. The van der Waals surface area contributed by atoms with Crippen molar-refractivity contribution in [1.29, 1.82) is 0 Å². The third-order valence-electron chi connectivity index (χ3n) is 3.12. The van der Waals surface area contributed by atoms with E-state index in [0.717, 1.165) is 6.42 Å². The van der Waals surface area contributed by atoms with E-state index < -0.39 is 0 Å². The summed E-state index contributed by atoms with van der Waals surface area (Å²) in [6.07, 6.45) is 7.39. The molecule has 1 aromatic carbocycles. The molecule has 0 N–H and O–H groups in total. The third-order valence-corrected chi connectivity index (χ3v) is 3.12. The Morgan fingerprint density at radius 2 is 1.88 bits per heavy atom. The van der Waals surface area contributed by atoms with Gasteiger partial charge in [0, 0.05) is 12.4 Å². The van der Waals surface area contributed by atoms with Crippen LogP contribution in [-0.2, 0) is 6.42 Å². The van der Waals surface area contributed by atoms with Crippen LogP contribution >= 0.6 is 0 Å². The fraction of sp³-hybridized carbons (Fsp3) is 0.312. The van der Waals surface area contributed by atoms with Gasteiger partial charge in [-0.15, -0.1) is 0 Å². The Bertz CT molecular complexity index is 422. The lowest BCUT2D eigenvalue weighted by Crippen LogP contribution is -2.03. The SMILES string of the molecule is CCCC(Cc1ccccc1)c1cccnc1. The molecule has 0 aliphatic rings. The van der Waals surface area contributed by atoms with Crippen LogP contribution < -0.4 is 0 Å². The predicted octanol–water partition coefficient (Wildman–Crippen LogP) is 4.21. The average molecular weight is 225 g/mol. The van der Waals surface area contributed by atoms with Crippen molar-refractivity contribution >= 4 is 0 Å². The van der Waals surface area contributed by atoms with Crippen LogP contribution in [0.4, 0.5) is 0 Å². The molecule has 1 unspecified atom stereocenters. The van der Waals surface area contributed by atoms with E-state index in [-0.39, 0.29) is 0 Å². The predicted molar refractivity (Wildman–Crippen MR) is 72.0 cm³/mol. The molecule has 0 saturated carbocycles. The molecular weight excluding hydrogens is 206 g/mol. The van der Waals surface area contributed by atoms with Gasteiger partial charge in [0.15, 0.2) is 0 Å². The number of aromatic nitrogens is 1. The molecule has 1 heteroatoms. The smallest absolute Gasteiger partial charge is 0.0302 e. The van der Waals surface area contributed by atoms with Crippen LogP contribution in [-0.4, -0.2) is 4.98 Å². The van der Waals surface area contributed by atoms with Gasteiger partial charge >= 0.3 is 0 Å². The van der Waals surface area contributed by atoms with Crippen LogP contribution in [0.3, 0.4) is 0 Å². The maximum Gasteiger partial charge on any atom is 0.0302 e. The van der Waals surface area contributed by atoms with Crippen molar-refractivity contribution in [2.75, 3.05) is 0 Å². The number of nitrogens with zero attached hydrogens (tertiary/aromatic N) is 1. The van der Waals surface area contributed by atoms with E-state index >= 15 is 0 Å². The van der Waals surface area contributed by atoms with E-state index in [2.05, 4.69) is 48.3 Å². The number of hydrogen-bond acceptors (Lipinski definition) is 1. The van der Waals surface area contributed by atoms with Crippen LogP contribution in [0.25, 0.3) is 0 Å². The van der Waals surface area contributed by atoms with E-state index in [4.69, 9.17) is 0 Å². The van der Waals surface area contributed by atoms with Gasteiger partial charge in [-0.1, -0.05) is 49.7 Å². The molecule has 0 aliphatic carbocycles. The summed E-state index contributed by atoms with van der Waals surface area (Å²) in [6, 6.07) is 14.9. The highest BCUT2D eigenvalue weighted by molar-refractivity contribution is 5.21. The Kier molecular flexibility index (Phi) is 4.31. The van der Waals surface area contributed by atoms with Crippen molar-refractivity contribution in [3.8, 4) is 0 Å². The lowest BCUT2D eigenvalue weighted by Gasteiger charge is -2.16. The minimum absolute atomic E-state index is 0.594. The van der Waals surface area contributed by atoms with Crippen LogP contribution in [0.1, 0.15) is 36.8 Å². The maximum absolute atomic E-state index is 4.23. The fourth-order valence-corrected chi connectivity index (χ4v) is 2.25. The molecule has 0 bridgehead atoms. The van der Waals surface area contributed by atoms with Crippen molar-refractivity contribution in [3.63, 3.8) is 0 Å². The minimum Gasteiger partial charge on any atom is -0.264 e. The first kappa shape index (κ1) is 11.8. The van der Waals surface area contributed by atoms with Crippen LogP contribution in [0, 0.1) is 0 Å². The zero-order valence-corrected chi connectivity index (χ0v) is 10.3. The molecule has 0 amide bonds. The number of rotatable bonds is 5. The lowest BCUT2D eigenvalue weighted by atomic mass is 9.89. The highest BCUT2D eigenvalue weighted by atomic mass is 14.6. The summed E-state index contributed by atoms with van der Waals surface area (Å²) >= 11 is 0. The second-order valence-corrected chi connectivity index (χ2v) is 4.46. The lowest BCUT2D eigenvalue weighted by molar-refractivity contribution is 0.608. The maximum atomic E-state index is 4.23. The molecule has 2 aromatic rings. The van der Waals surface area contributed by atoms with Gasteiger partial charge in [-0.25, -0.2) is 0 Å². The Hall–Kier alpha value is -1.63. The molecular formula is C16H19N. The molecule has 0 radical (unpaired) electrons. The van der Waals surface area contributed by atoms with Crippen LogP contribution in [0.2, 0.25) is 0 Å². The first-order valence-electron chi connectivity index (χ1n) is 6.34. The van der Waals surface area contributed by atoms with E-state index in [0.29, 0.717) is 5.92 Å². The van der Waals surface area contributed by atoms with Crippen molar-refractivity contribution in [3.05, 3.63) is 66.0 Å². The molecule has 0 fully saturated rings. The summed E-state index contributed by atoms with van der Waals surface area (Å²) in [7, 11) is 0. The quantitative estimate of drug-likeness (QED) is 0.743. The Balaban J connectivity index is 2.13. The van der Waals surface area contributed by atoms with E-state index in [1.54, 1.807) is 0 Å². The highest BCUT2D eigenvalue weighted by Gasteiger charge is 2.11. The van der Waals surface area contributed by atoms with Gasteiger partial charge in [0.2, 0.25) is 0 Å². The van der Waals surface area contributed by atoms with Crippen LogP contribution in [0.5, 0.6) is 0 Å². The number of pyridine rings is 1. The molecule has 1 atom stereocenters. The summed E-state index contributed by atoms with van der Waals surface area (Å²) in [6.45, 7) is 2.24. The molecule has 1 heterocycles. The van der Waals surface area contributed by atoms with Gasteiger partial charge in [-0.3, -0.25) is 4.98 Å². The monoisotopic (exact) mass is 225 g/mol. The molecule has 2 rings (SSSR count). The van der Waals surface area contributed by atoms with E-state index in [1.807, 2.05) is 18.5 Å². The number of hydrogen-bond donors (Lipinski definition) is 0. The topological polar surface area (TPSA) is 12.9 Å². The fourth-order valence-electron chi connectivity index (χ4n) is 2.25. The summed E-state index contributed by atoms with van der Waals surface area (Å²) in [4.78, 5) is 4.23. The van der Waals surface area contributed by atoms with Crippen molar-refractivity contribution in [1.82, 2.24) is 4.98 Å². The molecule has 0 spiro atoms.